The molecule has 0 radical (unpaired) electrons. The van der Waals surface area contributed by atoms with Gasteiger partial charge in [0.15, 0.2) is 5.69 Å². The fourth-order valence-electron chi connectivity index (χ4n) is 2.33. The number of nitrogens with zero attached hydrogens (tertiary/aromatic N) is 2. The van der Waals surface area contributed by atoms with E-state index in [0.29, 0.717) is 6.01 Å². The van der Waals surface area contributed by atoms with Crippen molar-refractivity contribution >= 4 is 12.0 Å². The quantitative estimate of drug-likeness (QED) is 0.872. The van der Waals surface area contributed by atoms with E-state index in [9.17, 15) is 4.79 Å². The Bertz CT molecular complexity index is 381. The van der Waals surface area contributed by atoms with Crippen LogP contribution in [0.3, 0.4) is 0 Å². The number of aromatic carboxylic acids is 1. The van der Waals surface area contributed by atoms with Gasteiger partial charge >= 0.3 is 5.97 Å². The van der Waals surface area contributed by atoms with E-state index in [0.717, 1.165) is 31.8 Å². The zero-order valence-electron chi connectivity index (χ0n) is 10.1. The molecule has 0 spiro atoms. The Kier molecular flexibility index (Phi) is 3.66. The van der Waals surface area contributed by atoms with Crippen LogP contribution in [0.1, 0.15) is 43.1 Å². The van der Waals surface area contributed by atoms with Gasteiger partial charge in [-0.1, -0.05) is 19.8 Å². The van der Waals surface area contributed by atoms with Crippen LogP contribution in [0.5, 0.6) is 0 Å². The highest BCUT2D eigenvalue weighted by Gasteiger charge is 2.22. The molecule has 0 unspecified atom stereocenters. The molecule has 2 rings (SSSR count). The summed E-state index contributed by atoms with van der Waals surface area (Å²) in [5, 5.41) is 8.77. The molecule has 0 bridgehead atoms. The summed E-state index contributed by atoms with van der Waals surface area (Å²) in [6.45, 7) is 4.02. The molecule has 1 aromatic heterocycles. The molecule has 1 aromatic rings. The van der Waals surface area contributed by atoms with Crippen molar-refractivity contribution in [1.29, 1.82) is 0 Å². The maximum absolute atomic E-state index is 10.7. The molecule has 0 saturated carbocycles. The average Bonchev–Trinajstić information content (AvgIpc) is 2.80. The average molecular weight is 238 g/mol. The fraction of sp³-hybridized carbons (Fsp3) is 0.667. The summed E-state index contributed by atoms with van der Waals surface area (Å²) in [6, 6.07) is 0.442. The van der Waals surface area contributed by atoms with Crippen LogP contribution in [-0.2, 0) is 0 Å². The minimum atomic E-state index is -1.04. The van der Waals surface area contributed by atoms with E-state index in [1.165, 1.54) is 19.1 Å². The number of carboxylic acids is 1. The Hall–Kier alpha value is -1.52. The van der Waals surface area contributed by atoms with Crippen LogP contribution in [0.15, 0.2) is 10.7 Å². The summed E-state index contributed by atoms with van der Waals surface area (Å²) < 4.78 is 5.19. The summed E-state index contributed by atoms with van der Waals surface area (Å²) in [6.07, 6.45) is 5.99. The molecule has 2 heterocycles. The molecule has 5 heteroatoms. The fourth-order valence-corrected chi connectivity index (χ4v) is 2.33. The second kappa shape index (κ2) is 5.21. The van der Waals surface area contributed by atoms with Gasteiger partial charge < -0.3 is 14.4 Å². The van der Waals surface area contributed by atoms with Gasteiger partial charge in [-0.3, -0.25) is 0 Å². The molecule has 1 N–H and O–H groups in total. The molecule has 1 fully saturated rings. The predicted molar refractivity (Wildman–Crippen MR) is 63.3 cm³/mol. The van der Waals surface area contributed by atoms with Crippen molar-refractivity contribution in [1.82, 2.24) is 4.98 Å². The first-order valence-corrected chi connectivity index (χ1v) is 6.14. The Morgan fingerprint density at radius 2 is 2.29 bits per heavy atom. The van der Waals surface area contributed by atoms with Crippen molar-refractivity contribution in [2.45, 2.75) is 32.6 Å². The number of piperidine rings is 1. The Balaban J connectivity index is 1.93. The molecular formula is C12H18N2O3. The second-order valence-electron chi connectivity index (χ2n) is 4.54. The molecular weight excluding hydrogens is 220 g/mol. The summed E-state index contributed by atoms with van der Waals surface area (Å²) in [7, 11) is 0. The van der Waals surface area contributed by atoms with E-state index in [-0.39, 0.29) is 5.69 Å². The van der Waals surface area contributed by atoms with Crippen LogP contribution in [0.4, 0.5) is 6.01 Å². The standard InChI is InChI=1S/C12H18N2O3/c1-2-3-9-4-6-14(7-5-9)12-13-10(8-17-12)11(15)16/h8-9H,2-7H2,1H3,(H,15,16). The molecule has 0 aliphatic carbocycles. The lowest BCUT2D eigenvalue weighted by Crippen LogP contribution is -2.33. The van der Waals surface area contributed by atoms with Crippen molar-refractivity contribution in [2.75, 3.05) is 18.0 Å². The third-order valence-electron chi connectivity index (χ3n) is 3.29. The molecule has 17 heavy (non-hydrogen) atoms. The van der Waals surface area contributed by atoms with E-state index < -0.39 is 5.97 Å². The van der Waals surface area contributed by atoms with Gasteiger partial charge in [0.2, 0.25) is 0 Å². The van der Waals surface area contributed by atoms with E-state index in [2.05, 4.69) is 11.9 Å². The van der Waals surface area contributed by atoms with Crippen LogP contribution in [0.25, 0.3) is 0 Å². The molecule has 0 atom stereocenters. The van der Waals surface area contributed by atoms with Gasteiger partial charge in [0.1, 0.15) is 6.26 Å². The van der Waals surface area contributed by atoms with Crippen molar-refractivity contribution in [3.8, 4) is 0 Å². The molecule has 0 aromatic carbocycles. The maximum Gasteiger partial charge on any atom is 0.357 e. The number of aromatic nitrogens is 1. The molecule has 0 amide bonds. The second-order valence-corrected chi connectivity index (χ2v) is 4.54. The van der Waals surface area contributed by atoms with Crippen LogP contribution in [0, 0.1) is 5.92 Å². The minimum Gasteiger partial charge on any atom is -0.476 e. The topological polar surface area (TPSA) is 66.6 Å². The first-order chi connectivity index (χ1) is 8.20. The van der Waals surface area contributed by atoms with Gasteiger partial charge in [-0.05, 0) is 18.8 Å². The molecule has 1 saturated heterocycles. The predicted octanol–water partition coefficient (Wildman–Crippen LogP) is 2.39. The van der Waals surface area contributed by atoms with Crippen molar-refractivity contribution in [3.63, 3.8) is 0 Å². The molecule has 1 aliphatic rings. The Labute approximate surface area is 100 Å². The Morgan fingerprint density at radius 1 is 1.59 bits per heavy atom. The smallest absolute Gasteiger partial charge is 0.357 e. The lowest BCUT2D eigenvalue weighted by Gasteiger charge is -2.30. The van der Waals surface area contributed by atoms with E-state index in [4.69, 9.17) is 9.52 Å². The number of carboxylic acid groups (broad SMARTS) is 1. The minimum absolute atomic E-state index is 0.0179. The van der Waals surface area contributed by atoms with E-state index >= 15 is 0 Å². The SMILES string of the molecule is CCCC1CCN(c2nc(C(=O)O)co2)CC1. The summed E-state index contributed by atoms with van der Waals surface area (Å²) in [5.41, 5.74) is -0.0179. The van der Waals surface area contributed by atoms with Gasteiger partial charge in [-0.15, -0.1) is 0 Å². The van der Waals surface area contributed by atoms with Gasteiger partial charge in [0.05, 0.1) is 0 Å². The van der Waals surface area contributed by atoms with Crippen LogP contribution < -0.4 is 4.90 Å². The van der Waals surface area contributed by atoms with Crippen molar-refractivity contribution in [3.05, 3.63) is 12.0 Å². The lowest BCUT2D eigenvalue weighted by atomic mass is 9.93. The third kappa shape index (κ3) is 2.78. The molecule has 1 aliphatic heterocycles. The van der Waals surface area contributed by atoms with Crippen molar-refractivity contribution < 1.29 is 14.3 Å². The third-order valence-corrected chi connectivity index (χ3v) is 3.29. The summed E-state index contributed by atoms with van der Waals surface area (Å²) >= 11 is 0. The van der Waals surface area contributed by atoms with Crippen LogP contribution in [0.2, 0.25) is 0 Å². The number of hydrogen-bond donors (Lipinski definition) is 1. The first-order valence-electron chi connectivity index (χ1n) is 6.14. The number of carbonyl (C=O) groups is 1. The molecule has 94 valence electrons. The van der Waals surface area contributed by atoms with Gasteiger partial charge in [-0.25, -0.2) is 4.79 Å². The van der Waals surface area contributed by atoms with Crippen LogP contribution >= 0.6 is 0 Å². The number of anilines is 1. The van der Waals surface area contributed by atoms with Crippen LogP contribution in [-0.4, -0.2) is 29.1 Å². The maximum atomic E-state index is 10.7. The highest BCUT2D eigenvalue weighted by molar-refractivity contribution is 5.85. The lowest BCUT2D eigenvalue weighted by molar-refractivity contribution is 0.0690. The van der Waals surface area contributed by atoms with E-state index in [1.54, 1.807) is 0 Å². The largest absolute Gasteiger partial charge is 0.476 e. The normalized spacial score (nSPS) is 17.4. The highest BCUT2D eigenvalue weighted by atomic mass is 16.4. The zero-order chi connectivity index (χ0) is 12.3. The van der Waals surface area contributed by atoms with E-state index in [1.807, 2.05) is 4.90 Å². The number of rotatable bonds is 4. The number of oxazole rings is 1. The first kappa shape index (κ1) is 12.0. The highest BCUT2D eigenvalue weighted by Crippen LogP contribution is 2.25. The monoisotopic (exact) mass is 238 g/mol. The summed E-state index contributed by atoms with van der Waals surface area (Å²) in [5.74, 6) is -0.244. The summed E-state index contributed by atoms with van der Waals surface area (Å²) in [4.78, 5) is 16.7. The van der Waals surface area contributed by atoms with Gasteiger partial charge in [0.25, 0.3) is 6.01 Å². The Morgan fingerprint density at radius 3 is 2.82 bits per heavy atom. The number of hydrogen-bond acceptors (Lipinski definition) is 4. The van der Waals surface area contributed by atoms with Gasteiger partial charge in [-0.2, -0.15) is 4.98 Å². The molecule has 5 nitrogen and oxygen atoms in total. The van der Waals surface area contributed by atoms with Gasteiger partial charge in [0, 0.05) is 13.1 Å². The van der Waals surface area contributed by atoms with Crippen molar-refractivity contribution in [2.24, 2.45) is 5.92 Å². The zero-order valence-corrected chi connectivity index (χ0v) is 10.1.